The highest BCUT2D eigenvalue weighted by Crippen LogP contribution is 2.22. The minimum Gasteiger partial charge on any atom is -0.505 e. The fourth-order valence-electron chi connectivity index (χ4n) is 1.65. The van der Waals surface area contributed by atoms with Crippen LogP contribution in [0, 0.1) is 0 Å². The number of aliphatic carboxylic acids is 1. The number of ether oxygens (including phenoxy) is 1. The first-order chi connectivity index (χ1) is 10.5. The number of aromatic nitrogens is 2. The van der Waals surface area contributed by atoms with Crippen LogP contribution < -0.4 is 10.1 Å². The first kappa shape index (κ1) is 15.2. The van der Waals surface area contributed by atoms with Gasteiger partial charge in [0.2, 0.25) is 0 Å². The summed E-state index contributed by atoms with van der Waals surface area (Å²) in [6, 6.07) is 6.13. The molecule has 0 fully saturated rings. The molecule has 0 aliphatic rings. The summed E-state index contributed by atoms with van der Waals surface area (Å²) in [4.78, 5) is 30.4. The van der Waals surface area contributed by atoms with Crippen molar-refractivity contribution in [3.63, 3.8) is 0 Å². The fraction of sp³-hybridized carbons (Fsp3) is 0.143. The summed E-state index contributed by atoms with van der Waals surface area (Å²) in [6.45, 7) is -0.565. The molecule has 2 aromatic heterocycles. The van der Waals surface area contributed by atoms with Crippen molar-refractivity contribution in [3.8, 4) is 22.9 Å². The smallest absolute Gasteiger partial charge is 0.322 e. The Balaban J connectivity index is 2.28. The molecule has 0 aliphatic carbocycles. The largest absolute Gasteiger partial charge is 0.505 e. The van der Waals surface area contributed by atoms with Crippen LogP contribution in [0.15, 0.2) is 30.5 Å². The number of methoxy groups -OCH3 is 1. The summed E-state index contributed by atoms with van der Waals surface area (Å²) in [5.41, 5.74) is 0.574. The molecule has 0 radical (unpaired) electrons. The third kappa shape index (κ3) is 3.48. The minimum absolute atomic E-state index is 0.267. The molecule has 0 aliphatic heterocycles. The number of hydrogen-bond acceptors (Lipinski definition) is 6. The molecule has 0 spiro atoms. The molecule has 2 aromatic rings. The highest BCUT2D eigenvalue weighted by Gasteiger charge is 2.15. The molecule has 0 saturated carbocycles. The van der Waals surface area contributed by atoms with E-state index in [9.17, 15) is 14.7 Å². The number of rotatable bonds is 5. The fourth-order valence-corrected chi connectivity index (χ4v) is 1.65. The summed E-state index contributed by atoms with van der Waals surface area (Å²) >= 11 is 0. The Morgan fingerprint density at radius 2 is 1.95 bits per heavy atom. The van der Waals surface area contributed by atoms with Crippen molar-refractivity contribution in [1.29, 1.82) is 0 Å². The Bertz CT molecular complexity index is 700. The van der Waals surface area contributed by atoms with Gasteiger partial charge >= 0.3 is 5.97 Å². The molecule has 2 rings (SSSR count). The number of pyridine rings is 2. The lowest BCUT2D eigenvalue weighted by Crippen LogP contribution is -2.30. The lowest BCUT2D eigenvalue weighted by molar-refractivity contribution is -0.135. The quantitative estimate of drug-likeness (QED) is 0.742. The van der Waals surface area contributed by atoms with Gasteiger partial charge in [-0.2, -0.15) is 0 Å². The van der Waals surface area contributed by atoms with Gasteiger partial charge in [0.1, 0.15) is 18.0 Å². The van der Waals surface area contributed by atoms with Gasteiger partial charge in [0.25, 0.3) is 5.91 Å². The molecule has 8 nitrogen and oxygen atoms in total. The predicted octanol–water partition coefficient (Wildman–Crippen LogP) is 0.672. The molecule has 0 saturated heterocycles. The molecule has 2 heterocycles. The molecular formula is C14H13N3O5. The van der Waals surface area contributed by atoms with E-state index >= 15 is 0 Å². The van der Waals surface area contributed by atoms with Crippen molar-refractivity contribution < 1.29 is 24.5 Å². The first-order valence-corrected chi connectivity index (χ1v) is 6.21. The maximum Gasteiger partial charge on any atom is 0.322 e. The van der Waals surface area contributed by atoms with E-state index < -0.39 is 18.4 Å². The molecule has 8 heteroatoms. The third-order valence-electron chi connectivity index (χ3n) is 2.72. The third-order valence-corrected chi connectivity index (χ3v) is 2.72. The van der Waals surface area contributed by atoms with Gasteiger partial charge in [-0.05, 0) is 24.3 Å². The average Bonchev–Trinajstić information content (AvgIpc) is 2.53. The van der Waals surface area contributed by atoms with E-state index in [2.05, 4.69) is 15.3 Å². The van der Waals surface area contributed by atoms with Crippen LogP contribution in [0.5, 0.6) is 11.5 Å². The van der Waals surface area contributed by atoms with E-state index in [1.165, 1.54) is 25.4 Å². The van der Waals surface area contributed by atoms with Crippen molar-refractivity contribution in [1.82, 2.24) is 15.3 Å². The molecule has 3 N–H and O–H groups in total. The van der Waals surface area contributed by atoms with E-state index in [0.29, 0.717) is 17.1 Å². The minimum atomic E-state index is -1.19. The van der Waals surface area contributed by atoms with Crippen molar-refractivity contribution >= 4 is 11.9 Å². The predicted molar refractivity (Wildman–Crippen MR) is 75.7 cm³/mol. The summed E-state index contributed by atoms with van der Waals surface area (Å²) in [5.74, 6) is -1.75. The van der Waals surface area contributed by atoms with Crippen LogP contribution in [0.25, 0.3) is 11.4 Å². The first-order valence-electron chi connectivity index (χ1n) is 6.21. The zero-order valence-corrected chi connectivity index (χ0v) is 11.6. The topological polar surface area (TPSA) is 122 Å². The molecule has 0 atom stereocenters. The second-order valence-electron chi connectivity index (χ2n) is 4.22. The van der Waals surface area contributed by atoms with Gasteiger partial charge in [0.05, 0.1) is 24.7 Å². The van der Waals surface area contributed by atoms with Crippen molar-refractivity contribution in [2.45, 2.75) is 0 Å². The number of carboxylic acids is 1. The zero-order chi connectivity index (χ0) is 16.1. The van der Waals surface area contributed by atoms with Gasteiger partial charge in [0, 0.05) is 0 Å². The molecule has 22 heavy (non-hydrogen) atoms. The van der Waals surface area contributed by atoms with Crippen LogP contribution in [-0.4, -0.2) is 45.7 Å². The number of aromatic hydroxyl groups is 1. The highest BCUT2D eigenvalue weighted by molar-refractivity contribution is 5.96. The Labute approximate surface area is 125 Å². The van der Waals surface area contributed by atoms with E-state index in [1.807, 2.05) is 0 Å². The second kappa shape index (κ2) is 6.53. The summed E-state index contributed by atoms with van der Waals surface area (Å²) in [6.07, 6.45) is 1.49. The normalized spacial score (nSPS) is 10.0. The molecular weight excluding hydrogens is 290 g/mol. The van der Waals surface area contributed by atoms with Crippen molar-refractivity contribution in [2.75, 3.05) is 13.7 Å². The van der Waals surface area contributed by atoms with Crippen molar-refractivity contribution in [3.05, 3.63) is 36.2 Å². The summed E-state index contributed by atoms with van der Waals surface area (Å²) < 4.78 is 5.00. The van der Waals surface area contributed by atoms with E-state index in [4.69, 9.17) is 9.84 Å². The van der Waals surface area contributed by atoms with E-state index in [1.54, 1.807) is 12.1 Å². The van der Waals surface area contributed by atoms with Gasteiger partial charge in [-0.15, -0.1) is 0 Å². The number of carbonyl (C=O) groups excluding carboxylic acids is 1. The SMILES string of the molecule is COc1ccc(-c2ccc(O)c(C(=O)NCC(=O)O)n2)nc1. The standard InChI is InChI=1S/C14H13N3O5/c1-22-8-2-3-9(15-6-8)10-4-5-11(18)13(17-10)14(21)16-7-12(19)20/h2-6,18H,7H2,1H3,(H,16,21)(H,19,20). The maximum absolute atomic E-state index is 11.8. The molecule has 0 unspecified atom stereocenters. The van der Waals surface area contributed by atoms with Crippen LogP contribution in [-0.2, 0) is 4.79 Å². The Hall–Kier alpha value is -3.16. The van der Waals surface area contributed by atoms with Gasteiger partial charge in [-0.3, -0.25) is 14.6 Å². The molecule has 1 amide bonds. The number of nitrogens with zero attached hydrogens (tertiary/aromatic N) is 2. The molecule has 0 bridgehead atoms. The number of carboxylic acid groups (broad SMARTS) is 1. The lowest BCUT2D eigenvalue weighted by Gasteiger charge is -2.07. The monoisotopic (exact) mass is 303 g/mol. The second-order valence-corrected chi connectivity index (χ2v) is 4.22. The molecule has 114 valence electrons. The highest BCUT2D eigenvalue weighted by atomic mass is 16.5. The summed E-state index contributed by atoms with van der Waals surface area (Å²) in [7, 11) is 1.51. The Morgan fingerprint density at radius 1 is 1.23 bits per heavy atom. The van der Waals surface area contributed by atoms with E-state index in [0.717, 1.165) is 0 Å². The number of nitrogens with one attached hydrogen (secondary N) is 1. The Kier molecular flexibility index (Phi) is 4.52. The number of carbonyl (C=O) groups is 2. The zero-order valence-electron chi connectivity index (χ0n) is 11.6. The van der Waals surface area contributed by atoms with Crippen LogP contribution >= 0.6 is 0 Å². The van der Waals surface area contributed by atoms with Crippen LogP contribution in [0.2, 0.25) is 0 Å². The maximum atomic E-state index is 11.8. The van der Waals surface area contributed by atoms with Gasteiger partial charge in [-0.25, -0.2) is 4.98 Å². The van der Waals surface area contributed by atoms with Crippen LogP contribution in [0.3, 0.4) is 0 Å². The number of amides is 1. The molecule has 0 aromatic carbocycles. The Morgan fingerprint density at radius 3 is 2.55 bits per heavy atom. The van der Waals surface area contributed by atoms with Gasteiger partial charge < -0.3 is 20.3 Å². The summed E-state index contributed by atoms with van der Waals surface area (Å²) in [5, 5.41) is 20.4. The van der Waals surface area contributed by atoms with Gasteiger partial charge in [0.15, 0.2) is 5.69 Å². The van der Waals surface area contributed by atoms with E-state index in [-0.39, 0.29) is 11.4 Å². The lowest BCUT2D eigenvalue weighted by atomic mass is 10.2. The average molecular weight is 303 g/mol. The van der Waals surface area contributed by atoms with Crippen molar-refractivity contribution in [2.24, 2.45) is 0 Å². The number of hydrogen-bond donors (Lipinski definition) is 3. The van der Waals surface area contributed by atoms with Crippen LogP contribution in [0.4, 0.5) is 0 Å². The van der Waals surface area contributed by atoms with Crippen LogP contribution in [0.1, 0.15) is 10.5 Å². The van der Waals surface area contributed by atoms with Gasteiger partial charge in [-0.1, -0.05) is 0 Å².